The molecule has 20 heavy (non-hydrogen) atoms. The fourth-order valence-electron chi connectivity index (χ4n) is 0.537. The molecule has 0 aliphatic heterocycles. The van der Waals surface area contributed by atoms with Gasteiger partial charge in [0.1, 0.15) is 0 Å². The molecule has 0 bridgehead atoms. The third kappa shape index (κ3) is 82.3. The van der Waals surface area contributed by atoms with Crippen molar-refractivity contribution in [3.8, 4) is 0 Å². The van der Waals surface area contributed by atoms with Gasteiger partial charge in [0.15, 0.2) is 0 Å². The Morgan fingerprint density at radius 2 is 1.00 bits per heavy atom. The van der Waals surface area contributed by atoms with Crippen LogP contribution in [0.4, 0.5) is 0 Å². The molecule has 0 saturated heterocycles. The molecule has 0 spiro atoms. The topological polar surface area (TPSA) is 36.9 Å². The molecule has 0 fully saturated rings. The summed E-state index contributed by atoms with van der Waals surface area (Å²) in [5.74, 6) is 0. The highest BCUT2D eigenvalue weighted by Gasteiger charge is 1.83. The summed E-state index contributed by atoms with van der Waals surface area (Å²) in [4.78, 5) is 0. The van der Waals surface area contributed by atoms with Gasteiger partial charge in [-0.1, -0.05) is 0 Å². The van der Waals surface area contributed by atoms with Gasteiger partial charge in [-0.15, -0.1) is 0 Å². The molecule has 0 amide bonds. The molecule has 0 aromatic rings. The second kappa shape index (κ2) is 31.3. The first-order valence-corrected chi connectivity index (χ1v) is 7.58. The van der Waals surface area contributed by atoms with Crippen molar-refractivity contribution < 1.29 is 18.9 Å². The predicted octanol–water partition coefficient (Wildman–Crippen LogP) is 4.17. The van der Waals surface area contributed by atoms with Gasteiger partial charge < -0.3 is 18.9 Å². The van der Waals surface area contributed by atoms with Crippen molar-refractivity contribution in [2.24, 2.45) is 0 Å². The van der Waals surface area contributed by atoms with E-state index in [1.807, 2.05) is 55.4 Å². The lowest BCUT2D eigenvalue weighted by Crippen LogP contribution is -1.99. The zero-order valence-corrected chi connectivity index (χ0v) is 15.6. The highest BCUT2D eigenvalue weighted by molar-refractivity contribution is 4.30. The smallest absolute Gasteiger partial charge is 0.0518 e. The van der Waals surface area contributed by atoms with Crippen LogP contribution < -0.4 is 0 Å². The molecule has 0 radical (unpaired) electrons. The number of rotatable bonds is 6. The summed E-state index contributed by atoms with van der Waals surface area (Å²) in [6.07, 6.45) is 0.782. The number of hydrogen-bond acceptors (Lipinski definition) is 4. The molecule has 128 valence electrons. The van der Waals surface area contributed by atoms with Crippen LogP contribution in [0.25, 0.3) is 0 Å². The molecule has 0 heterocycles. The van der Waals surface area contributed by atoms with E-state index >= 15 is 0 Å². The Morgan fingerprint density at radius 3 is 1.00 bits per heavy atom. The van der Waals surface area contributed by atoms with E-state index in [4.69, 9.17) is 14.2 Å². The van der Waals surface area contributed by atoms with Gasteiger partial charge in [-0.25, -0.2) is 0 Å². The SMILES string of the molecule is CCOC.CCOC(C)C.CCOCC.COC(C)C. The third-order valence-electron chi connectivity index (χ3n) is 1.67. The summed E-state index contributed by atoms with van der Waals surface area (Å²) in [7, 11) is 3.38. The minimum absolute atomic E-state index is 0.384. The maximum Gasteiger partial charge on any atom is 0.0518 e. The summed E-state index contributed by atoms with van der Waals surface area (Å²) in [6, 6.07) is 0. The van der Waals surface area contributed by atoms with Crippen LogP contribution in [-0.2, 0) is 18.9 Å². The Labute approximate surface area is 128 Å². The van der Waals surface area contributed by atoms with Crippen molar-refractivity contribution in [3.63, 3.8) is 0 Å². The average molecular weight is 296 g/mol. The van der Waals surface area contributed by atoms with Gasteiger partial charge in [-0.2, -0.15) is 0 Å². The Balaban J connectivity index is -0.0000000862. The number of ether oxygens (including phenoxy) is 4. The summed E-state index contributed by atoms with van der Waals surface area (Å²) in [6.45, 7) is 19.3. The lowest BCUT2D eigenvalue weighted by atomic mass is 10.5. The van der Waals surface area contributed by atoms with Crippen molar-refractivity contribution in [3.05, 3.63) is 0 Å². The Kier molecular flexibility index (Phi) is 43.9. The fourth-order valence-corrected chi connectivity index (χ4v) is 0.537. The Morgan fingerprint density at radius 1 is 0.650 bits per heavy atom. The van der Waals surface area contributed by atoms with Crippen LogP contribution in [0, 0.1) is 0 Å². The molecule has 0 aromatic heterocycles. The Bertz CT molecular complexity index is 113. The van der Waals surface area contributed by atoms with E-state index in [1.54, 1.807) is 14.2 Å². The predicted molar refractivity (Wildman–Crippen MR) is 88.6 cm³/mol. The first kappa shape index (κ1) is 28.1. The summed E-state index contributed by atoms with van der Waals surface area (Å²) in [5.41, 5.74) is 0. The van der Waals surface area contributed by atoms with Crippen LogP contribution in [0.5, 0.6) is 0 Å². The monoisotopic (exact) mass is 296 g/mol. The largest absolute Gasteiger partial charge is 0.385 e. The first-order chi connectivity index (χ1) is 9.37. The van der Waals surface area contributed by atoms with Crippen LogP contribution in [-0.4, -0.2) is 52.9 Å². The van der Waals surface area contributed by atoms with Crippen molar-refractivity contribution in [1.82, 2.24) is 0 Å². The third-order valence-corrected chi connectivity index (χ3v) is 1.67. The maximum atomic E-state index is 5.04. The molecule has 4 nitrogen and oxygen atoms in total. The lowest BCUT2D eigenvalue weighted by Gasteiger charge is -2.00. The molecule has 0 aliphatic rings. The zero-order chi connectivity index (χ0) is 16.8. The van der Waals surface area contributed by atoms with Crippen LogP contribution in [0.2, 0.25) is 0 Å². The second-order valence-electron chi connectivity index (χ2n) is 4.15. The van der Waals surface area contributed by atoms with Crippen LogP contribution >= 0.6 is 0 Å². The van der Waals surface area contributed by atoms with Crippen molar-refractivity contribution in [2.75, 3.05) is 40.6 Å². The van der Waals surface area contributed by atoms with E-state index in [0.29, 0.717) is 12.2 Å². The van der Waals surface area contributed by atoms with Crippen LogP contribution in [0.15, 0.2) is 0 Å². The number of hydrogen-bond donors (Lipinski definition) is 0. The summed E-state index contributed by atoms with van der Waals surface area (Å²) in [5, 5.41) is 0. The lowest BCUT2D eigenvalue weighted by molar-refractivity contribution is 0.0899. The van der Waals surface area contributed by atoms with Crippen LogP contribution in [0.3, 0.4) is 0 Å². The number of methoxy groups -OCH3 is 2. The quantitative estimate of drug-likeness (QED) is 0.737. The van der Waals surface area contributed by atoms with Gasteiger partial charge >= 0.3 is 0 Å². The molecular formula is C16H40O4. The van der Waals surface area contributed by atoms with E-state index in [9.17, 15) is 0 Å². The average Bonchev–Trinajstić information content (AvgIpc) is 2.41. The van der Waals surface area contributed by atoms with Crippen LogP contribution in [0.1, 0.15) is 55.4 Å². The standard InChI is InChI=1S/C5H12O.2C4H10O.C3H8O/c1-4-6-5(2)3;1-4(2)5-3;1-3-5-4-2;1-3-4-2/h5H,4H2,1-3H3;4H,1-3H3;3-4H2,1-2H3;3H2,1-2H3. The minimum Gasteiger partial charge on any atom is -0.385 e. The van der Waals surface area contributed by atoms with Gasteiger partial charge in [-0.3, -0.25) is 0 Å². The van der Waals surface area contributed by atoms with E-state index in [1.165, 1.54) is 0 Å². The van der Waals surface area contributed by atoms with Gasteiger partial charge in [0, 0.05) is 40.6 Å². The van der Waals surface area contributed by atoms with Gasteiger partial charge in [-0.05, 0) is 55.4 Å². The van der Waals surface area contributed by atoms with Crippen molar-refractivity contribution in [2.45, 2.75) is 67.6 Å². The maximum absolute atomic E-state index is 5.04. The van der Waals surface area contributed by atoms with Gasteiger partial charge in [0.25, 0.3) is 0 Å². The highest BCUT2D eigenvalue weighted by Crippen LogP contribution is 1.83. The van der Waals surface area contributed by atoms with Gasteiger partial charge in [0.05, 0.1) is 12.2 Å². The molecule has 0 aliphatic carbocycles. The normalized spacial score (nSPS) is 9.00. The molecule has 4 heteroatoms. The van der Waals surface area contributed by atoms with E-state index in [2.05, 4.69) is 4.74 Å². The molecule has 0 aromatic carbocycles. The molecule has 0 saturated carbocycles. The van der Waals surface area contributed by atoms with E-state index in [-0.39, 0.29) is 0 Å². The summed E-state index contributed by atoms with van der Waals surface area (Å²) >= 11 is 0. The molecule has 0 atom stereocenters. The highest BCUT2D eigenvalue weighted by atomic mass is 16.5. The molecular weight excluding hydrogens is 256 g/mol. The van der Waals surface area contributed by atoms with E-state index < -0.39 is 0 Å². The summed E-state index contributed by atoms with van der Waals surface area (Å²) < 4.78 is 19.2. The molecule has 0 rings (SSSR count). The minimum atomic E-state index is 0.384. The fraction of sp³-hybridized carbons (Fsp3) is 1.00. The van der Waals surface area contributed by atoms with Gasteiger partial charge in [0.2, 0.25) is 0 Å². The second-order valence-corrected chi connectivity index (χ2v) is 4.15. The zero-order valence-electron chi connectivity index (χ0n) is 15.6. The van der Waals surface area contributed by atoms with Crippen molar-refractivity contribution in [1.29, 1.82) is 0 Å². The first-order valence-electron chi connectivity index (χ1n) is 7.58. The molecule has 0 unspecified atom stereocenters. The van der Waals surface area contributed by atoms with Crippen molar-refractivity contribution >= 4 is 0 Å². The molecule has 0 N–H and O–H groups in total. The Hall–Kier alpha value is -0.160. The van der Waals surface area contributed by atoms with E-state index in [0.717, 1.165) is 26.4 Å².